The maximum atomic E-state index is 7.03. The number of hydrogen-bond acceptors (Lipinski definition) is 1. The van der Waals surface area contributed by atoms with E-state index in [0.29, 0.717) is 0 Å². The van der Waals surface area contributed by atoms with E-state index in [2.05, 4.69) is 91.0 Å². The minimum absolute atomic E-state index is 1.01. The minimum Gasteiger partial charge on any atom is -0.350 e. The molecule has 2 heteroatoms. The Morgan fingerprint density at radius 2 is 0.739 bits per heavy atom. The van der Waals surface area contributed by atoms with Gasteiger partial charge in [0.15, 0.2) is 0 Å². The Morgan fingerprint density at radius 1 is 0.478 bits per heavy atom. The van der Waals surface area contributed by atoms with E-state index in [0.717, 1.165) is 18.1 Å². The van der Waals surface area contributed by atoms with Crippen molar-refractivity contribution in [3.63, 3.8) is 0 Å². The summed E-state index contributed by atoms with van der Waals surface area (Å²) in [6.07, 6.45) is 0. The molecular weight excluding hydrogens is 294 g/mol. The summed E-state index contributed by atoms with van der Waals surface area (Å²) >= 11 is 0. The van der Waals surface area contributed by atoms with Crippen LogP contribution in [-0.2, 0) is 18.1 Å². The summed E-state index contributed by atoms with van der Waals surface area (Å²) in [6, 6.07) is 35.1. The maximum absolute atomic E-state index is 7.03. The molecule has 116 valence electrons. The highest BCUT2D eigenvalue weighted by molar-refractivity contribution is 6.75. The fraction of sp³-hybridized carbons (Fsp3) is 0.143. The van der Waals surface area contributed by atoms with Gasteiger partial charge in [0.05, 0.1) is 0 Å². The molecule has 0 atom stereocenters. The molecule has 3 rings (SSSR count). The molecule has 0 aromatic heterocycles. The van der Waals surface area contributed by atoms with Gasteiger partial charge in [-0.05, 0) is 34.8 Å². The van der Waals surface area contributed by atoms with Crippen molar-refractivity contribution in [2.45, 2.75) is 18.1 Å². The SMILES string of the molecule is N[Si](Cc1ccccc1)(Cc1ccccc1)Cc1ccccc1. The number of benzene rings is 3. The quantitative estimate of drug-likeness (QED) is 0.676. The van der Waals surface area contributed by atoms with Crippen molar-refractivity contribution in [1.82, 2.24) is 0 Å². The number of nitrogens with two attached hydrogens (primary N) is 1. The van der Waals surface area contributed by atoms with Crippen LogP contribution in [0, 0.1) is 0 Å². The van der Waals surface area contributed by atoms with Gasteiger partial charge in [-0.15, -0.1) is 0 Å². The molecule has 0 saturated heterocycles. The van der Waals surface area contributed by atoms with Crippen LogP contribution < -0.4 is 5.40 Å². The number of hydrogen-bond donors (Lipinski definition) is 1. The first kappa shape index (κ1) is 15.7. The van der Waals surface area contributed by atoms with Gasteiger partial charge in [-0.25, -0.2) is 0 Å². The Bertz CT molecular complexity index is 609. The zero-order valence-corrected chi connectivity index (χ0v) is 14.4. The van der Waals surface area contributed by atoms with Crippen LogP contribution in [0.2, 0.25) is 0 Å². The number of rotatable bonds is 6. The predicted octanol–water partition coefficient (Wildman–Crippen LogP) is 4.24. The first-order valence-electron chi connectivity index (χ1n) is 8.14. The van der Waals surface area contributed by atoms with Gasteiger partial charge in [-0.2, -0.15) is 0 Å². The second-order valence-electron chi connectivity index (χ2n) is 6.35. The molecule has 2 N–H and O–H groups in total. The fourth-order valence-electron chi connectivity index (χ4n) is 3.19. The molecule has 0 heterocycles. The Balaban J connectivity index is 1.85. The van der Waals surface area contributed by atoms with Crippen molar-refractivity contribution in [1.29, 1.82) is 0 Å². The van der Waals surface area contributed by atoms with E-state index in [1.165, 1.54) is 16.7 Å². The molecule has 0 aliphatic rings. The lowest BCUT2D eigenvalue weighted by molar-refractivity contribution is 1.10. The van der Waals surface area contributed by atoms with Crippen molar-refractivity contribution in [2.75, 3.05) is 0 Å². The van der Waals surface area contributed by atoms with Crippen LogP contribution in [0.4, 0.5) is 0 Å². The molecule has 0 saturated carbocycles. The van der Waals surface area contributed by atoms with Gasteiger partial charge in [-0.1, -0.05) is 91.0 Å². The van der Waals surface area contributed by atoms with Crippen LogP contribution in [0.1, 0.15) is 16.7 Å². The van der Waals surface area contributed by atoms with Crippen LogP contribution in [-0.4, -0.2) is 8.24 Å². The van der Waals surface area contributed by atoms with E-state index in [1.807, 2.05) is 0 Å². The molecular formula is C21H23NSi. The lowest BCUT2D eigenvalue weighted by atomic mass is 10.2. The van der Waals surface area contributed by atoms with Gasteiger partial charge in [0.25, 0.3) is 0 Å². The van der Waals surface area contributed by atoms with Gasteiger partial charge in [-0.3, -0.25) is 0 Å². The summed E-state index contributed by atoms with van der Waals surface area (Å²) in [4.78, 5) is 0. The van der Waals surface area contributed by atoms with Crippen molar-refractivity contribution in [3.8, 4) is 0 Å². The molecule has 0 aliphatic heterocycles. The van der Waals surface area contributed by atoms with Gasteiger partial charge >= 0.3 is 0 Å². The molecule has 0 amide bonds. The van der Waals surface area contributed by atoms with Crippen molar-refractivity contribution >= 4 is 8.24 Å². The standard InChI is InChI=1S/C21H23NSi/c22-23(16-19-10-4-1-5-11-19,17-20-12-6-2-7-13-20)18-21-14-8-3-9-15-21/h1-15H,16-18,22H2. The summed E-state index contributed by atoms with van der Waals surface area (Å²) in [5, 5.41) is 7.03. The molecule has 0 bridgehead atoms. The third-order valence-corrected chi connectivity index (χ3v) is 7.53. The maximum Gasteiger partial charge on any atom is 0.136 e. The summed E-state index contributed by atoms with van der Waals surface area (Å²) in [5.74, 6) is 0. The molecule has 0 spiro atoms. The first-order valence-corrected chi connectivity index (χ1v) is 10.8. The van der Waals surface area contributed by atoms with E-state index < -0.39 is 8.24 Å². The van der Waals surface area contributed by atoms with E-state index in [4.69, 9.17) is 5.40 Å². The van der Waals surface area contributed by atoms with Crippen LogP contribution in [0.25, 0.3) is 0 Å². The highest BCUT2D eigenvalue weighted by Crippen LogP contribution is 2.18. The Morgan fingerprint density at radius 3 is 1.00 bits per heavy atom. The average Bonchev–Trinajstić information content (AvgIpc) is 2.57. The largest absolute Gasteiger partial charge is 0.350 e. The van der Waals surface area contributed by atoms with Crippen LogP contribution in [0.3, 0.4) is 0 Å². The molecule has 0 aliphatic carbocycles. The summed E-state index contributed by atoms with van der Waals surface area (Å²) < 4.78 is 0. The van der Waals surface area contributed by atoms with Crippen molar-refractivity contribution in [2.24, 2.45) is 5.40 Å². The summed E-state index contributed by atoms with van der Waals surface area (Å²) in [6.45, 7) is 0. The van der Waals surface area contributed by atoms with Crippen LogP contribution in [0.5, 0.6) is 0 Å². The predicted molar refractivity (Wildman–Crippen MR) is 100 cm³/mol. The zero-order chi connectivity index (χ0) is 16.0. The summed E-state index contributed by atoms with van der Waals surface area (Å²) in [5.41, 5.74) is 4.07. The highest BCUT2D eigenvalue weighted by atomic mass is 28.3. The van der Waals surface area contributed by atoms with Gasteiger partial charge in [0, 0.05) is 0 Å². The van der Waals surface area contributed by atoms with E-state index in [1.54, 1.807) is 0 Å². The molecule has 0 unspecified atom stereocenters. The smallest absolute Gasteiger partial charge is 0.136 e. The van der Waals surface area contributed by atoms with Gasteiger partial charge in [0.2, 0.25) is 0 Å². The lowest BCUT2D eigenvalue weighted by Gasteiger charge is -2.27. The van der Waals surface area contributed by atoms with E-state index in [-0.39, 0.29) is 0 Å². The lowest BCUT2D eigenvalue weighted by Crippen LogP contribution is -2.53. The third-order valence-electron chi connectivity index (χ3n) is 4.20. The normalized spacial score (nSPS) is 11.3. The van der Waals surface area contributed by atoms with Crippen LogP contribution >= 0.6 is 0 Å². The van der Waals surface area contributed by atoms with Crippen molar-refractivity contribution in [3.05, 3.63) is 108 Å². The van der Waals surface area contributed by atoms with E-state index >= 15 is 0 Å². The molecule has 3 aromatic carbocycles. The molecule has 3 aromatic rings. The molecule has 0 radical (unpaired) electrons. The molecule has 23 heavy (non-hydrogen) atoms. The van der Waals surface area contributed by atoms with Gasteiger partial charge in [0.1, 0.15) is 8.24 Å². The topological polar surface area (TPSA) is 26.0 Å². The minimum atomic E-state index is -1.97. The first-order chi connectivity index (χ1) is 11.2. The van der Waals surface area contributed by atoms with E-state index in [9.17, 15) is 0 Å². The Hall–Kier alpha value is -2.16. The van der Waals surface area contributed by atoms with Crippen LogP contribution in [0.15, 0.2) is 91.0 Å². The monoisotopic (exact) mass is 317 g/mol. The second kappa shape index (κ2) is 7.40. The second-order valence-corrected chi connectivity index (χ2v) is 10.1. The summed E-state index contributed by atoms with van der Waals surface area (Å²) in [7, 11) is -1.97. The fourth-order valence-corrected chi connectivity index (χ4v) is 6.72. The molecule has 0 fully saturated rings. The Labute approximate surface area is 139 Å². The third kappa shape index (κ3) is 4.65. The Kier molecular flexibility index (Phi) is 5.06. The zero-order valence-electron chi connectivity index (χ0n) is 13.4. The average molecular weight is 318 g/mol. The molecule has 1 nitrogen and oxygen atoms in total. The van der Waals surface area contributed by atoms with Gasteiger partial charge < -0.3 is 5.40 Å². The highest BCUT2D eigenvalue weighted by Gasteiger charge is 2.29. The van der Waals surface area contributed by atoms with Crippen molar-refractivity contribution < 1.29 is 0 Å².